The molecule has 0 radical (unpaired) electrons. The number of rotatable bonds is 6. The first kappa shape index (κ1) is 14.4. The predicted octanol–water partition coefficient (Wildman–Crippen LogP) is 2.29. The second kappa shape index (κ2) is 6.89. The summed E-state index contributed by atoms with van der Waals surface area (Å²) in [5.74, 6) is 0.644. The zero-order valence-electron chi connectivity index (χ0n) is 11.3. The molecule has 18 heavy (non-hydrogen) atoms. The van der Waals surface area contributed by atoms with E-state index in [4.69, 9.17) is 10.5 Å². The van der Waals surface area contributed by atoms with Gasteiger partial charge in [-0.3, -0.25) is 4.79 Å². The van der Waals surface area contributed by atoms with Crippen molar-refractivity contribution in [1.82, 2.24) is 4.90 Å². The minimum atomic E-state index is -0.488. The van der Waals surface area contributed by atoms with Crippen molar-refractivity contribution in [1.29, 1.82) is 0 Å². The van der Waals surface area contributed by atoms with Crippen molar-refractivity contribution in [2.45, 2.75) is 33.3 Å². The van der Waals surface area contributed by atoms with Crippen LogP contribution in [0, 0.1) is 0 Å². The van der Waals surface area contributed by atoms with E-state index in [2.05, 4.69) is 6.92 Å². The predicted molar refractivity (Wildman–Crippen MR) is 73.5 cm³/mol. The fourth-order valence-electron chi connectivity index (χ4n) is 1.79. The van der Waals surface area contributed by atoms with Crippen LogP contribution < -0.4 is 10.5 Å². The molecule has 1 rings (SSSR count). The number of amides is 1. The number of ether oxygens (including phenoxy) is 1. The molecule has 0 saturated heterocycles. The quantitative estimate of drug-likeness (QED) is 0.788. The van der Waals surface area contributed by atoms with E-state index >= 15 is 0 Å². The van der Waals surface area contributed by atoms with E-state index in [0.29, 0.717) is 18.0 Å². The first-order valence-corrected chi connectivity index (χ1v) is 6.39. The van der Waals surface area contributed by atoms with Crippen molar-refractivity contribution in [2.24, 2.45) is 0 Å². The third kappa shape index (κ3) is 3.95. The maximum absolute atomic E-state index is 12.1. The van der Waals surface area contributed by atoms with Crippen molar-refractivity contribution in [2.75, 3.05) is 18.8 Å². The Morgan fingerprint density at radius 1 is 1.44 bits per heavy atom. The average molecular weight is 250 g/mol. The highest BCUT2D eigenvalue weighted by Gasteiger charge is 2.20. The SMILES string of the molecule is CCCN(CC)C(=O)C(C)Oc1cccc(N)c1. The van der Waals surface area contributed by atoms with E-state index in [9.17, 15) is 4.79 Å². The summed E-state index contributed by atoms with van der Waals surface area (Å²) in [4.78, 5) is 13.9. The number of carbonyl (C=O) groups is 1. The van der Waals surface area contributed by atoms with Crippen LogP contribution in [0.25, 0.3) is 0 Å². The summed E-state index contributed by atoms with van der Waals surface area (Å²) in [5, 5.41) is 0. The van der Waals surface area contributed by atoms with Crippen LogP contribution in [0.1, 0.15) is 27.2 Å². The summed E-state index contributed by atoms with van der Waals surface area (Å²) in [6.45, 7) is 7.27. The van der Waals surface area contributed by atoms with Crippen molar-refractivity contribution in [3.8, 4) is 5.75 Å². The molecule has 0 aromatic heterocycles. The molecule has 1 aromatic rings. The zero-order valence-corrected chi connectivity index (χ0v) is 11.3. The zero-order chi connectivity index (χ0) is 13.5. The van der Waals surface area contributed by atoms with Gasteiger partial charge in [0.1, 0.15) is 5.75 Å². The van der Waals surface area contributed by atoms with Gasteiger partial charge in [0, 0.05) is 24.8 Å². The second-order valence-corrected chi connectivity index (χ2v) is 4.25. The van der Waals surface area contributed by atoms with E-state index in [-0.39, 0.29) is 5.91 Å². The number of nitrogens with zero attached hydrogens (tertiary/aromatic N) is 1. The van der Waals surface area contributed by atoms with Crippen molar-refractivity contribution in [3.05, 3.63) is 24.3 Å². The maximum atomic E-state index is 12.1. The van der Waals surface area contributed by atoms with Crippen LogP contribution in [0.4, 0.5) is 5.69 Å². The monoisotopic (exact) mass is 250 g/mol. The Labute approximate surface area is 109 Å². The van der Waals surface area contributed by atoms with Crippen LogP contribution in [0.15, 0.2) is 24.3 Å². The Morgan fingerprint density at radius 3 is 2.72 bits per heavy atom. The molecule has 100 valence electrons. The second-order valence-electron chi connectivity index (χ2n) is 4.25. The molecule has 1 unspecified atom stereocenters. The first-order chi connectivity index (χ1) is 8.58. The molecule has 0 saturated carbocycles. The van der Waals surface area contributed by atoms with Gasteiger partial charge in [-0.2, -0.15) is 0 Å². The standard InChI is InChI=1S/C14H22N2O2/c1-4-9-16(5-2)14(17)11(3)18-13-8-6-7-12(15)10-13/h6-8,10-11H,4-5,9,15H2,1-3H3. The maximum Gasteiger partial charge on any atom is 0.263 e. The van der Waals surface area contributed by atoms with E-state index < -0.39 is 6.10 Å². The smallest absolute Gasteiger partial charge is 0.263 e. The van der Waals surface area contributed by atoms with Crippen molar-refractivity contribution >= 4 is 11.6 Å². The van der Waals surface area contributed by atoms with Crippen molar-refractivity contribution in [3.63, 3.8) is 0 Å². The minimum Gasteiger partial charge on any atom is -0.481 e. The summed E-state index contributed by atoms with van der Waals surface area (Å²) in [5.41, 5.74) is 6.30. The van der Waals surface area contributed by atoms with E-state index in [1.54, 1.807) is 30.0 Å². The van der Waals surface area contributed by atoms with Gasteiger partial charge in [0.05, 0.1) is 0 Å². The number of benzene rings is 1. The largest absolute Gasteiger partial charge is 0.481 e. The number of carbonyl (C=O) groups excluding carboxylic acids is 1. The fraction of sp³-hybridized carbons (Fsp3) is 0.500. The Bertz CT molecular complexity index is 393. The molecule has 2 N–H and O–H groups in total. The topological polar surface area (TPSA) is 55.6 Å². The highest BCUT2D eigenvalue weighted by Crippen LogP contribution is 2.16. The number of nitrogen functional groups attached to an aromatic ring is 1. The van der Waals surface area contributed by atoms with Gasteiger partial charge in [0.25, 0.3) is 5.91 Å². The number of likely N-dealkylation sites (N-methyl/N-ethyl adjacent to an activating group) is 1. The van der Waals surface area contributed by atoms with Crippen LogP contribution in [0.2, 0.25) is 0 Å². The first-order valence-electron chi connectivity index (χ1n) is 6.39. The van der Waals surface area contributed by atoms with Gasteiger partial charge >= 0.3 is 0 Å². The molecular formula is C14H22N2O2. The number of nitrogens with two attached hydrogens (primary N) is 1. The van der Waals surface area contributed by atoms with Gasteiger partial charge in [0.2, 0.25) is 0 Å². The molecule has 1 amide bonds. The Balaban J connectivity index is 2.64. The molecule has 0 bridgehead atoms. The molecule has 1 aromatic carbocycles. The third-order valence-corrected chi connectivity index (χ3v) is 2.71. The lowest BCUT2D eigenvalue weighted by Crippen LogP contribution is -2.40. The Hall–Kier alpha value is -1.71. The molecule has 0 aliphatic carbocycles. The lowest BCUT2D eigenvalue weighted by Gasteiger charge is -2.24. The molecule has 0 aliphatic heterocycles. The molecule has 0 heterocycles. The van der Waals surface area contributed by atoms with Crippen LogP contribution in [0.3, 0.4) is 0 Å². The number of hydrogen-bond donors (Lipinski definition) is 1. The fourth-order valence-corrected chi connectivity index (χ4v) is 1.79. The minimum absolute atomic E-state index is 0.0155. The summed E-state index contributed by atoms with van der Waals surface area (Å²) in [6, 6.07) is 7.12. The normalized spacial score (nSPS) is 11.9. The number of hydrogen-bond acceptors (Lipinski definition) is 3. The van der Waals surface area contributed by atoms with Gasteiger partial charge in [0.15, 0.2) is 6.10 Å². The number of anilines is 1. The molecule has 1 atom stereocenters. The highest BCUT2D eigenvalue weighted by atomic mass is 16.5. The van der Waals surface area contributed by atoms with Crippen LogP contribution >= 0.6 is 0 Å². The van der Waals surface area contributed by atoms with Gasteiger partial charge in [-0.25, -0.2) is 0 Å². The summed E-state index contributed by atoms with van der Waals surface area (Å²) in [7, 11) is 0. The Morgan fingerprint density at radius 2 is 2.17 bits per heavy atom. The summed E-state index contributed by atoms with van der Waals surface area (Å²) in [6.07, 6.45) is 0.461. The van der Waals surface area contributed by atoms with Crippen LogP contribution in [-0.4, -0.2) is 30.0 Å². The molecule has 0 fully saturated rings. The molecular weight excluding hydrogens is 228 g/mol. The summed E-state index contributed by atoms with van der Waals surface area (Å²) < 4.78 is 5.61. The van der Waals surface area contributed by atoms with Crippen LogP contribution in [0.5, 0.6) is 5.75 Å². The van der Waals surface area contributed by atoms with Gasteiger partial charge < -0.3 is 15.4 Å². The molecule has 4 nitrogen and oxygen atoms in total. The average Bonchev–Trinajstić information content (AvgIpc) is 2.35. The highest BCUT2D eigenvalue weighted by molar-refractivity contribution is 5.80. The van der Waals surface area contributed by atoms with Gasteiger partial charge in [-0.05, 0) is 32.4 Å². The molecule has 0 spiro atoms. The van der Waals surface area contributed by atoms with Crippen LogP contribution in [-0.2, 0) is 4.79 Å². The Kier molecular flexibility index (Phi) is 5.49. The summed E-state index contributed by atoms with van der Waals surface area (Å²) >= 11 is 0. The van der Waals surface area contributed by atoms with Gasteiger partial charge in [-0.15, -0.1) is 0 Å². The molecule has 0 aliphatic rings. The lowest BCUT2D eigenvalue weighted by molar-refractivity contribution is -0.137. The van der Waals surface area contributed by atoms with E-state index in [0.717, 1.165) is 13.0 Å². The van der Waals surface area contributed by atoms with Gasteiger partial charge in [-0.1, -0.05) is 13.0 Å². The van der Waals surface area contributed by atoms with Crippen molar-refractivity contribution < 1.29 is 9.53 Å². The van der Waals surface area contributed by atoms with E-state index in [1.165, 1.54) is 0 Å². The van der Waals surface area contributed by atoms with E-state index in [1.807, 2.05) is 13.0 Å². The third-order valence-electron chi connectivity index (χ3n) is 2.71. The lowest BCUT2D eigenvalue weighted by atomic mass is 10.3. The molecule has 4 heteroatoms.